The molecular weight excluding hydrogens is 369 g/mol. The molecule has 0 spiro atoms. The molecule has 3 rings (SSSR count). The van der Waals surface area contributed by atoms with Gasteiger partial charge in [-0.2, -0.15) is 0 Å². The number of rotatable bonds is 6. The second-order valence-corrected chi connectivity index (χ2v) is 5.73. The van der Waals surface area contributed by atoms with Crippen molar-refractivity contribution in [3.63, 3.8) is 0 Å². The van der Waals surface area contributed by atoms with Crippen LogP contribution < -0.4 is 15.8 Å². The van der Waals surface area contributed by atoms with Crippen molar-refractivity contribution in [1.29, 1.82) is 0 Å². The quantitative estimate of drug-likeness (QED) is 0.489. The molecule has 3 aromatic rings. The molecule has 29 heavy (non-hydrogen) atoms. The van der Waals surface area contributed by atoms with Crippen LogP contribution in [0.5, 0.6) is 5.75 Å². The fourth-order valence-corrected chi connectivity index (χ4v) is 2.49. The largest absolute Gasteiger partial charge is 0.489 e. The molecule has 0 amide bonds. The van der Waals surface area contributed by atoms with E-state index in [-0.39, 0.29) is 6.61 Å². The molecule has 0 aliphatic carbocycles. The Morgan fingerprint density at radius 3 is 2.45 bits per heavy atom. The van der Waals surface area contributed by atoms with Gasteiger partial charge in [-0.3, -0.25) is 0 Å². The van der Waals surface area contributed by atoms with Crippen molar-refractivity contribution < 1.29 is 14.2 Å². The Balaban J connectivity index is 0.000000989. The maximum Gasteiger partial charge on any atom is 0.142 e. The first-order valence-corrected chi connectivity index (χ1v) is 9.96. The lowest BCUT2D eigenvalue weighted by Gasteiger charge is -2.13. The highest BCUT2D eigenvalue weighted by Gasteiger charge is 2.09. The first-order chi connectivity index (χ1) is 14.1. The zero-order valence-corrected chi connectivity index (χ0v) is 17.9. The highest BCUT2D eigenvalue weighted by Crippen LogP contribution is 2.29. The van der Waals surface area contributed by atoms with E-state index in [9.17, 15) is 9.50 Å². The van der Waals surface area contributed by atoms with Crippen LogP contribution in [0.2, 0.25) is 0 Å². The average Bonchev–Trinajstić information content (AvgIpc) is 2.80. The van der Waals surface area contributed by atoms with Crippen molar-refractivity contribution in [2.45, 2.75) is 33.8 Å². The van der Waals surface area contributed by atoms with Crippen LogP contribution in [0.3, 0.4) is 0 Å². The van der Waals surface area contributed by atoms with E-state index < -0.39 is 12.8 Å². The fourth-order valence-electron chi connectivity index (χ4n) is 2.49. The summed E-state index contributed by atoms with van der Waals surface area (Å²) in [6.45, 7) is 6.99. The van der Waals surface area contributed by atoms with Gasteiger partial charge in [-0.1, -0.05) is 39.8 Å². The maximum atomic E-state index is 12.4. The lowest BCUT2D eigenvalue weighted by Crippen LogP contribution is -2.19. The van der Waals surface area contributed by atoms with Gasteiger partial charge in [-0.15, -0.1) is 0 Å². The number of nitrogens with two attached hydrogens (primary N) is 1. The maximum absolute atomic E-state index is 12.4. The molecule has 1 aromatic heterocycles. The smallest absolute Gasteiger partial charge is 0.142 e. The number of pyridine rings is 1. The van der Waals surface area contributed by atoms with E-state index in [1.165, 1.54) is 0 Å². The predicted molar refractivity (Wildman–Crippen MR) is 121 cm³/mol. The molecule has 1 atom stereocenters. The number of fused-ring (bicyclic) bond motifs is 1. The number of hydrogen-bond donors (Lipinski definition) is 3. The Hall–Kier alpha value is -2.86. The number of nitrogen functional groups attached to an aromatic ring is 1. The molecule has 0 fully saturated rings. The van der Waals surface area contributed by atoms with Crippen molar-refractivity contribution >= 4 is 22.3 Å². The van der Waals surface area contributed by atoms with Gasteiger partial charge in [0.1, 0.15) is 25.1 Å². The zero-order valence-electron chi connectivity index (χ0n) is 17.9. The van der Waals surface area contributed by atoms with E-state index in [0.29, 0.717) is 11.4 Å². The number of halogens is 1. The van der Waals surface area contributed by atoms with E-state index in [4.69, 9.17) is 10.5 Å². The predicted octanol–water partition coefficient (Wildman–Crippen LogP) is 5.29. The molecule has 4 N–H and O–H groups in total. The first-order valence-electron chi connectivity index (χ1n) is 9.96. The van der Waals surface area contributed by atoms with Crippen LogP contribution in [0.15, 0.2) is 48.5 Å². The van der Waals surface area contributed by atoms with Gasteiger partial charge in [0.2, 0.25) is 0 Å². The van der Waals surface area contributed by atoms with Gasteiger partial charge in [0.05, 0.1) is 16.9 Å². The average molecular weight is 402 g/mol. The molecule has 0 aliphatic heterocycles. The van der Waals surface area contributed by atoms with E-state index in [0.717, 1.165) is 27.8 Å². The van der Waals surface area contributed by atoms with Crippen molar-refractivity contribution in [3.05, 3.63) is 48.5 Å². The summed E-state index contributed by atoms with van der Waals surface area (Å²) in [5.41, 5.74) is 9.83. The summed E-state index contributed by atoms with van der Waals surface area (Å²) in [7, 11) is 1.87. The standard InChI is InChI=1S/C19H20FN3O2.2C2H6/c1-22-14-4-7-18-12(8-14)3-6-17(23-18)13-2-5-16(21)19(9-13)25-11-15(24)10-20;2*1-2/h2-9,15,22,24H,10-11,21H2,1H3;2*1-2H3. The number of ether oxygens (including phenoxy) is 1. The van der Waals surface area contributed by atoms with Crippen molar-refractivity contribution in [1.82, 2.24) is 4.98 Å². The minimum absolute atomic E-state index is 0.151. The highest BCUT2D eigenvalue weighted by molar-refractivity contribution is 5.85. The van der Waals surface area contributed by atoms with Crippen molar-refractivity contribution in [2.75, 3.05) is 31.4 Å². The third-order valence-corrected chi connectivity index (χ3v) is 3.90. The summed E-state index contributed by atoms with van der Waals surface area (Å²) in [4.78, 5) is 4.67. The van der Waals surface area contributed by atoms with E-state index in [1.54, 1.807) is 12.1 Å². The van der Waals surface area contributed by atoms with Gasteiger partial charge in [0.15, 0.2) is 0 Å². The van der Waals surface area contributed by atoms with Gasteiger partial charge in [-0.25, -0.2) is 9.37 Å². The number of alkyl halides is 1. The molecule has 0 saturated carbocycles. The molecule has 2 aromatic carbocycles. The normalized spacial score (nSPS) is 10.9. The Kier molecular flexibility index (Phi) is 10.5. The lowest BCUT2D eigenvalue weighted by molar-refractivity contribution is 0.0845. The fraction of sp³-hybridized carbons (Fsp3) is 0.348. The van der Waals surface area contributed by atoms with E-state index >= 15 is 0 Å². The molecule has 5 nitrogen and oxygen atoms in total. The van der Waals surface area contributed by atoms with Gasteiger partial charge < -0.3 is 20.9 Å². The number of aromatic nitrogens is 1. The number of aliphatic hydroxyl groups is 1. The van der Waals surface area contributed by atoms with Crippen LogP contribution in [0.1, 0.15) is 27.7 Å². The number of nitrogens with zero attached hydrogens (tertiary/aromatic N) is 1. The Morgan fingerprint density at radius 1 is 1.07 bits per heavy atom. The Morgan fingerprint density at radius 2 is 1.79 bits per heavy atom. The number of anilines is 2. The SMILES string of the molecule is CC.CC.CNc1ccc2nc(-c3ccc(N)c(OCC(O)CF)c3)ccc2c1. The minimum atomic E-state index is -1.16. The first kappa shape index (κ1) is 24.2. The third-order valence-electron chi connectivity index (χ3n) is 3.90. The topological polar surface area (TPSA) is 80.4 Å². The lowest BCUT2D eigenvalue weighted by atomic mass is 10.1. The molecule has 158 valence electrons. The summed E-state index contributed by atoms with van der Waals surface area (Å²) in [6.07, 6.45) is -1.16. The number of hydrogen-bond acceptors (Lipinski definition) is 5. The molecule has 1 unspecified atom stereocenters. The van der Waals surface area contributed by atoms with Crippen LogP contribution in [-0.2, 0) is 0 Å². The second kappa shape index (κ2) is 12.6. The van der Waals surface area contributed by atoms with E-state index in [1.807, 2.05) is 71.1 Å². The zero-order chi connectivity index (χ0) is 21.8. The van der Waals surface area contributed by atoms with Gasteiger partial charge in [0.25, 0.3) is 0 Å². The van der Waals surface area contributed by atoms with Crippen LogP contribution >= 0.6 is 0 Å². The highest BCUT2D eigenvalue weighted by atomic mass is 19.1. The Bertz CT molecular complexity index is 887. The van der Waals surface area contributed by atoms with Crippen LogP contribution in [0.25, 0.3) is 22.2 Å². The van der Waals surface area contributed by atoms with Crippen molar-refractivity contribution in [3.8, 4) is 17.0 Å². The summed E-state index contributed by atoms with van der Waals surface area (Å²) in [5.74, 6) is 0.400. The molecule has 0 radical (unpaired) electrons. The van der Waals surface area contributed by atoms with Crippen molar-refractivity contribution in [2.24, 2.45) is 0 Å². The third kappa shape index (κ3) is 6.61. The minimum Gasteiger partial charge on any atom is -0.489 e. The monoisotopic (exact) mass is 401 g/mol. The summed E-state index contributed by atoms with van der Waals surface area (Å²) < 4.78 is 17.8. The molecular formula is C23H32FN3O2. The number of nitrogens with one attached hydrogen (secondary N) is 1. The van der Waals surface area contributed by atoms with Crippen LogP contribution in [0, 0.1) is 0 Å². The number of benzene rings is 2. The summed E-state index contributed by atoms with van der Waals surface area (Å²) in [5, 5.41) is 13.4. The van der Waals surface area contributed by atoms with Crippen LogP contribution in [-0.4, -0.2) is 36.5 Å². The molecule has 0 bridgehead atoms. The second-order valence-electron chi connectivity index (χ2n) is 5.73. The van der Waals surface area contributed by atoms with Gasteiger partial charge in [0, 0.05) is 23.7 Å². The molecule has 0 saturated heterocycles. The molecule has 6 heteroatoms. The summed E-state index contributed by atoms with van der Waals surface area (Å²) in [6, 6.07) is 15.2. The van der Waals surface area contributed by atoms with Gasteiger partial charge >= 0.3 is 0 Å². The van der Waals surface area contributed by atoms with Crippen LogP contribution in [0.4, 0.5) is 15.8 Å². The molecule has 0 aliphatic rings. The Labute approximate surface area is 172 Å². The van der Waals surface area contributed by atoms with E-state index in [2.05, 4.69) is 10.3 Å². The summed E-state index contributed by atoms with van der Waals surface area (Å²) >= 11 is 0. The van der Waals surface area contributed by atoms with Gasteiger partial charge in [-0.05, 0) is 36.4 Å². The molecule has 1 heterocycles. The number of aliphatic hydroxyl groups excluding tert-OH is 1.